The van der Waals surface area contributed by atoms with E-state index in [2.05, 4.69) is 5.32 Å². The Morgan fingerprint density at radius 2 is 1.51 bits per heavy atom. The number of nitrogens with zero attached hydrogens (tertiary/aromatic N) is 2. The van der Waals surface area contributed by atoms with Crippen molar-refractivity contribution in [3.8, 4) is 0 Å². The van der Waals surface area contributed by atoms with E-state index in [0.29, 0.717) is 27.1 Å². The van der Waals surface area contributed by atoms with Gasteiger partial charge in [0.15, 0.2) is 0 Å². The summed E-state index contributed by atoms with van der Waals surface area (Å²) in [4.78, 5) is 29.1. The number of nitrogens with one attached hydrogen (secondary N) is 1. The summed E-state index contributed by atoms with van der Waals surface area (Å²) in [5, 5.41) is 4.18. The molecule has 0 aliphatic heterocycles. The Kier molecular flexibility index (Phi) is 10.6. The Labute approximate surface area is 256 Å². The first-order valence-electron chi connectivity index (χ1n) is 13.5. The zero-order chi connectivity index (χ0) is 29.6. The molecule has 0 spiro atoms. The molecule has 0 heterocycles. The smallest absolute Gasteiger partial charge is 0.264 e. The SMILES string of the molecule is CC[C@H](C(=O)NC1CCCC1)N(Cc1c(Cl)cccc1Cl)C(=O)CN(c1ccc(Cl)cc1)S(=O)(=O)c1ccccc1. The molecule has 41 heavy (non-hydrogen) atoms. The Bertz CT molecular complexity index is 1440. The predicted octanol–water partition coefficient (Wildman–Crippen LogP) is 6.71. The summed E-state index contributed by atoms with van der Waals surface area (Å²) in [7, 11) is -4.17. The quantitative estimate of drug-likeness (QED) is 0.254. The van der Waals surface area contributed by atoms with Gasteiger partial charge in [-0.1, -0.05) is 78.8 Å². The molecule has 1 aliphatic carbocycles. The van der Waals surface area contributed by atoms with Crippen LogP contribution in [0.5, 0.6) is 0 Å². The fourth-order valence-electron chi connectivity index (χ4n) is 5.00. The van der Waals surface area contributed by atoms with Crippen LogP contribution in [0.25, 0.3) is 0 Å². The van der Waals surface area contributed by atoms with Gasteiger partial charge in [-0.05, 0) is 67.8 Å². The monoisotopic (exact) mass is 635 g/mol. The van der Waals surface area contributed by atoms with Crippen LogP contribution in [0, 0.1) is 0 Å². The van der Waals surface area contributed by atoms with Crippen LogP contribution < -0.4 is 9.62 Å². The Hall–Kier alpha value is -2.78. The maximum Gasteiger partial charge on any atom is 0.264 e. The van der Waals surface area contributed by atoms with E-state index in [1.807, 2.05) is 6.92 Å². The molecular formula is C30H32Cl3N3O4S. The largest absolute Gasteiger partial charge is 0.352 e. The fraction of sp³-hybridized carbons (Fsp3) is 0.333. The minimum absolute atomic E-state index is 0.0227. The summed E-state index contributed by atoms with van der Waals surface area (Å²) in [5.74, 6) is -0.872. The van der Waals surface area contributed by atoms with Crippen molar-refractivity contribution in [3.63, 3.8) is 0 Å². The second kappa shape index (κ2) is 13.9. The molecule has 3 aromatic carbocycles. The second-order valence-electron chi connectivity index (χ2n) is 9.94. The van der Waals surface area contributed by atoms with E-state index < -0.39 is 28.5 Å². The van der Waals surface area contributed by atoms with Crippen molar-refractivity contribution >= 4 is 62.3 Å². The average molecular weight is 637 g/mol. The van der Waals surface area contributed by atoms with Gasteiger partial charge in [0.2, 0.25) is 11.8 Å². The van der Waals surface area contributed by atoms with Gasteiger partial charge in [0.05, 0.1) is 10.6 Å². The summed E-state index contributed by atoms with van der Waals surface area (Å²) in [5.41, 5.74) is 0.728. The Morgan fingerprint density at radius 3 is 2.10 bits per heavy atom. The molecule has 7 nitrogen and oxygen atoms in total. The molecule has 1 saturated carbocycles. The van der Waals surface area contributed by atoms with Gasteiger partial charge < -0.3 is 10.2 Å². The van der Waals surface area contributed by atoms with Gasteiger partial charge in [0, 0.05) is 33.2 Å². The molecule has 1 aliphatic rings. The Morgan fingerprint density at radius 1 is 0.902 bits per heavy atom. The molecule has 0 unspecified atom stereocenters. The summed E-state index contributed by atoms with van der Waals surface area (Å²) in [6, 6.07) is 18.2. The Balaban J connectivity index is 1.73. The first kappa shape index (κ1) is 31.2. The number of halogens is 3. The first-order valence-corrected chi connectivity index (χ1v) is 16.0. The molecule has 4 rings (SSSR count). The maximum absolute atomic E-state index is 14.2. The molecule has 3 aromatic rings. The van der Waals surface area contributed by atoms with Crippen molar-refractivity contribution < 1.29 is 18.0 Å². The average Bonchev–Trinajstić information content (AvgIpc) is 3.47. The maximum atomic E-state index is 14.2. The molecule has 1 atom stereocenters. The van der Waals surface area contributed by atoms with Crippen LogP contribution >= 0.6 is 34.8 Å². The van der Waals surface area contributed by atoms with Crippen molar-refractivity contribution in [1.82, 2.24) is 10.2 Å². The summed E-state index contributed by atoms with van der Waals surface area (Å²) >= 11 is 19.0. The number of hydrogen-bond donors (Lipinski definition) is 1. The number of rotatable bonds is 11. The molecule has 0 saturated heterocycles. The number of carbonyl (C=O) groups is 2. The van der Waals surface area contributed by atoms with E-state index in [1.54, 1.807) is 48.5 Å². The van der Waals surface area contributed by atoms with Crippen LogP contribution in [0.3, 0.4) is 0 Å². The fourth-order valence-corrected chi connectivity index (χ4v) is 7.07. The number of carbonyl (C=O) groups excluding carboxylic acids is 2. The lowest BCUT2D eigenvalue weighted by Gasteiger charge is -2.34. The lowest BCUT2D eigenvalue weighted by atomic mass is 10.1. The summed E-state index contributed by atoms with van der Waals surface area (Å²) in [6.45, 7) is 1.17. The standard InChI is InChI=1S/C30H32Cl3N3O4S/c1-2-28(30(38)34-22-9-6-7-10-22)35(19-25-26(32)13-8-14-27(25)33)29(37)20-36(23-17-15-21(31)16-18-23)41(39,40)24-11-4-3-5-12-24/h3-5,8,11-18,22,28H,2,6-7,9-10,19-20H2,1H3,(H,34,38)/t28-/m1/s1. The highest BCUT2D eigenvalue weighted by Crippen LogP contribution is 2.29. The van der Waals surface area contributed by atoms with Crippen molar-refractivity contribution in [2.75, 3.05) is 10.8 Å². The second-order valence-corrected chi connectivity index (χ2v) is 13.1. The molecule has 0 bridgehead atoms. The number of amides is 2. The van der Waals surface area contributed by atoms with Gasteiger partial charge in [-0.2, -0.15) is 0 Å². The minimum atomic E-state index is -4.17. The summed E-state index contributed by atoms with van der Waals surface area (Å²) < 4.78 is 28.7. The van der Waals surface area contributed by atoms with Crippen molar-refractivity contribution in [2.24, 2.45) is 0 Å². The molecule has 1 N–H and O–H groups in total. The topological polar surface area (TPSA) is 86.8 Å². The van der Waals surface area contributed by atoms with E-state index in [4.69, 9.17) is 34.8 Å². The molecular weight excluding hydrogens is 605 g/mol. The predicted molar refractivity (Wildman–Crippen MR) is 164 cm³/mol. The highest BCUT2D eigenvalue weighted by molar-refractivity contribution is 7.92. The third kappa shape index (κ3) is 7.55. The van der Waals surface area contributed by atoms with Gasteiger partial charge >= 0.3 is 0 Å². The van der Waals surface area contributed by atoms with E-state index in [-0.39, 0.29) is 29.1 Å². The highest BCUT2D eigenvalue weighted by atomic mass is 35.5. The third-order valence-corrected chi connectivity index (χ3v) is 9.95. The molecule has 1 fully saturated rings. The molecule has 0 aromatic heterocycles. The number of benzene rings is 3. The van der Waals surface area contributed by atoms with Crippen molar-refractivity contribution in [3.05, 3.63) is 93.4 Å². The van der Waals surface area contributed by atoms with Crippen LogP contribution in [-0.2, 0) is 26.2 Å². The number of anilines is 1. The van der Waals surface area contributed by atoms with Crippen LogP contribution in [0.4, 0.5) is 5.69 Å². The number of sulfonamides is 1. The van der Waals surface area contributed by atoms with Crippen LogP contribution in [0.15, 0.2) is 77.7 Å². The van der Waals surface area contributed by atoms with Crippen LogP contribution in [0.1, 0.15) is 44.6 Å². The molecule has 0 radical (unpaired) electrons. The molecule has 11 heteroatoms. The van der Waals surface area contributed by atoms with Gasteiger partial charge in [-0.3, -0.25) is 13.9 Å². The minimum Gasteiger partial charge on any atom is -0.352 e. The van der Waals surface area contributed by atoms with E-state index in [0.717, 1.165) is 30.0 Å². The van der Waals surface area contributed by atoms with Crippen molar-refractivity contribution in [2.45, 2.75) is 62.6 Å². The van der Waals surface area contributed by atoms with E-state index in [1.165, 1.54) is 29.2 Å². The van der Waals surface area contributed by atoms with Gasteiger partial charge in [-0.25, -0.2) is 8.42 Å². The van der Waals surface area contributed by atoms with Crippen molar-refractivity contribution in [1.29, 1.82) is 0 Å². The first-order chi connectivity index (χ1) is 19.6. The van der Waals surface area contributed by atoms with Gasteiger partial charge in [0.25, 0.3) is 10.0 Å². The molecule has 218 valence electrons. The third-order valence-electron chi connectivity index (χ3n) is 7.20. The summed E-state index contributed by atoms with van der Waals surface area (Å²) in [6.07, 6.45) is 4.14. The molecule has 2 amide bonds. The van der Waals surface area contributed by atoms with Gasteiger partial charge in [0.1, 0.15) is 12.6 Å². The zero-order valence-corrected chi connectivity index (χ0v) is 25.7. The van der Waals surface area contributed by atoms with E-state index >= 15 is 0 Å². The number of hydrogen-bond acceptors (Lipinski definition) is 4. The van der Waals surface area contributed by atoms with E-state index in [9.17, 15) is 18.0 Å². The normalized spacial score (nSPS) is 14.4. The van der Waals surface area contributed by atoms with Crippen LogP contribution in [0.2, 0.25) is 15.1 Å². The lowest BCUT2D eigenvalue weighted by Crippen LogP contribution is -2.53. The van der Waals surface area contributed by atoms with Crippen LogP contribution in [-0.4, -0.2) is 43.8 Å². The van der Waals surface area contributed by atoms with Gasteiger partial charge in [-0.15, -0.1) is 0 Å². The lowest BCUT2D eigenvalue weighted by molar-refractivity contribution is -0.140. The zero-order valence-electron chi connectivity index (χ0n) is 22.6. The highest BCUT2D eigenvalue weighted by Gasteiger charge is 2.35.